The standard InChI is InChI=1S/C17H13Cl4N3O3S/c18-11-6-4-9(5-7-11)13(25)23-15(17(19,20)21)24-16(28)22-12-3-1-2-10(8-12)14(26)27/h1-8,15H,(H,23,25)(H,26,27)(H2,22,24,28). The fourth-order valence-electron chi connectivity index (χ4n) is 2.04. The first kappa shape index (κ1) is 22.5. The van der Waals surface area contributed by atoms with Gasteiger partial charge in [0.1, 0.15) is 6.17 Å². The number of amides is 1. The normalized spacial score (nSPS) is 12.0. The molecule has 2 aromatic carbocycles. The Kier molecular flexibility index (Phi) is 7.74. The quantitative estimate of drug-likeness (QED) is 0.287. The van der Waals surface area contributed by atoms with E-state index in [1.54, 1.807) is 24.3 Å². The number of rotatable bonds is 5. The Bertz CT molecular complexity index is 888. The third-order valence-corrected chi connectivity index (χ3v) is 4.48. The van der Waals surface area contributed by atoms with Gasteiger partial charge < -0.3 is 21.1 Å². The van der Waals surface area contributed by atoms with Crippen molar-refractivity contribution in [2.24, 2.45) is 0 Å². The van der Waals surface area contributed by atoms with Gasteiger partial charge in [0.25, 0.3) is 5.91 Å². The van der Waals surface area contributed by atoms with E-state index in [1.165, 1.54) is 24.3 Å². The lowest BCUT2D eigenvalue weighted by Gasteiger charge is -2.27. The molecule has 0 spiro atoms. The van der Waals surface area contributed by atoms with E-state index in [1.807, 2.05) is 0 Å². The largest absolute Gasteiger partial charge is 0.478 e. The summed E-state index contributed by atoms with van der Waals surface area (Å²) in [7, 11) is 0. The molecule has 2 rings (SSSR count). The van der Waals surface area contributed by atoms with Gasteiger partial charge in [0.15, 0.2) is 5.11 Å². The van der Waals surface area contributed by atoms with Gasteiger partial charge in [0.05, 0.1) is 5.56 Å². The molecular formula is C17H13Cl4N3O3S. The third-order valence-electron chi connectivity index (χ3n) is 3.35. The van der Waals surface area contributed by atoms with Crippen molar-refractivity contribution in [3.05, 3.63) is 64.7 Å². The summed E-state index contributed by atoms with van der Waals surface area (Å²) in [4.78, 5) is 23.4. The van der Waals surface area contributed by atoms with Crippen molar-refractivity contribution in [2.45, 2.75) is 9.96 Å². The average Bonchev–Trinajstić information content (AvgIpc) is 2.61. The predicted octanol–water partition coefficient (Wildman–Crippen LogP) is 4.45. The highest BCUT2D eigenvalue weighted by molar-refractivity contribution is 7.80. The number of carboxylic acids is 1. The van der Waals surface area contributed by atoms with Crippen LogP contribution < -0.4 is 16.0 Å². The van der Waals surface area contributed by atoms with E-state index in [2.05, 4.69) is 16.0 Å². The van der Waals surface area contributed by atoms with Crippen LogP contribution in [0.2, 0.25) is 5.02 Å². The molecule has 28 heavy (non-hydrogen) atoms. The van der Waals surface area contributed by atoms with E-state index in [0.717, 1.165) is 0 Å². The maximum Gasteiger partial charge on any atom is 0.335 e. The van der Waals surface area contributed by atoms with Crippen molar-refractivity contribution in [3.63, 3.8) is 0 Å². The fraction of sp³-hybridized carbons (Fsp3) is 0.118. The lowest BCUT2D eigenvalue weighted by Crippen LogP contribution is -2.56. The van der Waals surface area contributed by atoms with Crippen LogP contribution in [-0.4, -0.2) is 32.1 Å². The van der Waals surface area contributed by atoms with Crippen LogP contribution in [-0.2, 0) is 0 Å². The molecule has 0 fully saturated rings. The molecule has 1 unspecified atom stereocenters. The first-order chi connectivity index (χ1) is 13.1. The second kappa shape index (κ2) is 9.62. The van der Waals surface area contributed by atoms with Gasteiger partial charge in [-0.15, -0.1) is 0 Å². The van der Waals surface area contributed by atoms with Gasteiger partial charge in [-0.25, -0.2) is 4.79 Å². The number of carbonyl (C=O) groups is 2. The highest BCUT2D eigenvalue weighted by atomic mass is 35.6. The number of thiocarbonyl (C=S) groups is 1. The lowest BCUT2D eigenvalue weighted by atomic mass is 10.2. The van der Waals surface area contributed by atoms with Crippen molar-refractivity contribution in [3.8, 4) is 0 Å². The van der Waals surface area contributed by atoms with Gasteiger partial charge in [-0.1, -0.05) is 52.5 Å². The van der Waals surface area contributed by atoms with Crippen molar-refractivity contribution in [2.75, 3.05) is 5.32 Å². The number of nitrogens with one attached hydrogen (secondary N) is 3. The molecular weight excluding hydrogens is 468 g/mol. The number of hydrogen-bond donors (Lipinski definition) is 4. The van der Waals surface area contributed by atoms with Crippen LogP contribution in [0.1, 0.15) is 20.7 Å². The lowest BCUT2D eigenvalue weighted by molar-refractivity contribution is 0.0696. The highest BCUT2D eigenvalue weighted by Gasteiger charge is 2.34. The minimum Gasteiger partial charge on any atom is -0.478 e. The first-order valence-corrected chi connectivity index (χ1v) is 9.52. The summed E-state index contributed by atoms with van der Waals surface area (Å²) >= 11 is 28.8. The number of halogens is 4. The Hall–Kier alpha value is -1.77. The maximum absolute atomic E-state index is 12.4. The number of carboxylic acid groups (broad SMARTS) is 1. The Balaban J connectivity index is 2.08. The Morgan fingerprint density at radius 2 is 1.64 bits per heavy atom. The zero-order chi connectivity index (χ0) is 20.9. The van der Waals surface area contributed by atoms with Crippen molar-refractivity contribution in [1.82, 2.24) is 10.6 Å². The summed E-state index contributed by atoms with van der Waals surface area (Å²) in [6.45, 7) is 0. The number of benzene rings is 2. The van der Waals surface area contributed by atoms with Gasteiger partial charge in [-0.3, -0.25) is 4.79 Å². The summed E-state index contributed by atoms with van der Waals surface area (Å²) in [6.07, 6.45) is -1.18. The molecule has 1 atom stereocenters. The minimum atomic E-state index is -1.93. The van der Waals surface area contributed by atoms with Gasteiger partial charge in [0.2, 0.25) is 3.79 Å². The van der Waals surface area contributed by atoms with Crippen molar-refractivity contribution >= 4 is 81.3 Å². The van der Waals surface area contributed by atoms with Crippen LogP contribution in [0.15, 0.2) is 48.5 Å². The van der Waals surface area contributed by atoms with Crippen molar-refractivity contribution in [1.29, 1.82) is 0 Å². The SMILES string of the molecule is O=C(O)c1cccc(NC(=S)NC(NC(=O)c2ccc(Cl)cc2)C(Cl)(Cl)Cl)c1. The molecule has 0 aliphatic rings. The number of aromatic carboxylic acids is 1. The van der Waals surface area contributed by atoms with E-state index in [4.69, 9.17) is 63.7 Å². The smallest absolute Gasteiger partial charge is 0.335 e. The second-order valence-corrected chi connectivity index (χ2v) is 8.65. The van der Waals surface area contributed by atoms with Crippen LogP contribution in [0.25, 0.3) is 0 Å². The molecule has 0 radical (unpaired) electrons. The predicted molar refractivity (Wildman–Crippen MR) is 116 cm³/mol. The molecule has 148 valence electrons. The maximum atomic E-state index is 12.4. The first-order valence-electron chi connectivity index (χ1n) is 7.60. The van der Waals surface area contributed by atoms with Gasteiger partial charge in [-0.05, 0) is 54.7 Å². The summed E-state index contributed by atoms with van der Waals surface area (Å²) in [5, 5.41) is 17.5. The molecule has 0 aliphatic heterocycles. The Labute approximate surface area is 186 Å². The Morgan fingerprint density at radius 3 is 2.21 bits per heavy atom. The van der Waals surface area contributed by atoms with Crippen LogP contribution in [0.5, 0.6) is 0 Å². The number of anilines is 1. The van der Waals surface area contributed by atoms with Gasteiger partial charge in [-0.2, -0.15) is 0 Å². The molecule has 11 heteroatoms. The number of hydrogen-bond acceptors (Lipinski definition) is 3. The number of alkyl halides is 3. The van der Waals surface area contributed by atoms with Gasteiger partial charge in [0, 0.05) is 16.3 Å². The monoisotopic (exact) mass is 479 g/mol. The second-order valence-electron chi connectivity index (χ2n) is 5.44. The fourth-order valence-corrected chi connectivity index (χ4v) is 2.73. The average molecular weight is 481 g/mol. The van der Waals surface area contributed by atoms with E-state index in [0.29, 0.717) is 16.3 Å². The van der Waals surface area contributed by atoms with Crippen molar-refractivity contribution < 1.29 is 14.7 Å². The molecule has 2 aromatic rings. The topological polar surface area (TPSA) is 90.5 Å². The zero-order valence-corrected chi connectivity index (χ0v) is 17.7. The molecule has 0 saturated carbocycles. The van der Waals surface area contributed by atoms with Crippen LogP contribution >= 0.6 is 58.6 Å². The number of carbonyl (C=O) groups excluding carboxylic acids is 1. The highest BCUT2D eigenvalue weighted by Crippen LogP contribution is 2.29. The summed E-state index contributed by atoms with van der Waals surface area (Å²) in [6, 6.07) is 12.1. The van der Waals surface area contributed by atoms with Crippen LogP contribution in [0.4, 0.5) is 5.69 Å². The molecule has 0 bridgehead atoms. The van der Waals surface area contributed by atoms with Gasteiger partial charge >= 0.3 is 5.97 Å². The molecule has 0 heterocycles. The van der Waals surface area contributed by atoms with E-state index < -0.39 is 21.8 Å². The van der Waals surface area contributed by atoms with E-state index in [-0.39, 0.29) is 10.7 Å². The molecule has 4 N–H and O–H groups in total. The third kappa shape index (κ3) is 6.68. The summed E-state index contributed by atoms with van der Waals surface area (Å²) < 4.78 is -1.93. The summed E-state index contributed by atoms with van der Waals surface area (Å²) in [5.74, 6) is -1.60. The van der Waals surface area contributed by atoms with Crippen LogP contribution in [0.3, 0.4) is 0 Å². The molecule has 0 saturated heterocycles. The molecule has 0 aliphatic carbocycles. The summed E-state index contributed by atoms with van der Waals surface area (Å²) in [5.41, 5.74) is 0.782. The zero-order valence-electron chi connectivity index (χ0n) is 13.9. The molecule has 1 amide bonds. The minimum absolute atomic E-state index is 0.00951. The molecule has 6 nitrogen and oxygen atoms in total. The van der Waals surface area contributed by atoms with Crippen LogP contribution in [0, 0.1) is 0 Å². The van der Waals surface area contributed by atoms with E-state index >= 15 is 0 Å². The Morgan fingerprint density at radius 1 is 1.00 bits per heavy atom. The van der Waals surface area contributed by atoms with E-state index in [9.17, 15) is 9.59 Å². The molecule has 0 aromatic heterocycles.